The number of hydrogen-bond donors (Lipinski definition) is 1. The van der Waals surface area contributed by atoms with E-state index in [4.69, 9.17) is 21.6 Å². The van der Waals surface area contributed by atoms with Crippen molar-refractivity contribution in [1.29, 1.82) is 0 Å². The van der Waals surface area contributed by atoms with Crippen LogP contribution >= 0.6 is 22.9 Å². The average Bonchev–Trinajstić information content (AvgIpc) is 3.60. The Labute approximate surface area is 196 Å². The first kappa shape index (κ1) is 20.4. The van der Waals surface area contributed by atoms with Crippen LogP contribution in [0, 0.1) is 5.92 Å². The van der Waals surface area contributed by atoms with Crippen LogP contribution in [0.15, 0.2) is 18.3 Å². The van der Waals surface area contributed by atoms with Crippen molar-refractivity contribution in [3.63, 3.8) is 0 Å². The van der Waals surface area contributed by atoms with Crippen molar-refractivity contribution in [2.24, 2.45) is 5.92 Å². The fraction of sp³-hybridized carbons (Fsp3) is 0.500. The summed E-state index contributed by atoms with van der Waals surface area (Å²) in [5.74, 6) is 3.26. The van der Waals surface area contributed by atoms with Crippen molar-refractivity contribution in [3.05, 3.63) is 39.6 Å². The van der Waals surface area contributed by atoms with E-state index in [0.717, 1.165) is 44.0 Å². The maximum Gasteiger partial charge on any atom is 0.228 e. The first-order valence-electron chi connectivity index (χ1n) is 11.7. The fourth-order valence-corrected chi connectivity index (χ4v) is 6.31. The van der Waals surface area contributed by atoms with Gasteiger partial charge in [-0.1, -0.05) is 11.6 Å². The molecule has 0 radical (unpaired) electrons. The van der Waals surface area contributed by atoms with E-state index in [-0.39, 0.29) is 11.8 Å². The van der Waals surface area contributed by atoms with Gasteiger partial charge in [0.1, 0.15) is 22.3 Å². The number of aryl methyl sites for hydroxylation is 2. The lowest BCUT2D eigenvalue weighted by atomic mass is 9.94. The van der Waals surface area contributed by atoms with Gasteiger partial charge in [0.2, 0.25) is 5.91 Å². The number of rotatable bonds is 4. The molecule has 1 saturated carbocycles. The Kier molecular flexibility index (Phi) is 5.26. The molecular formula is C24H26ClN5OS. The smallest absolute Gasteiger partial charge is 0.228 e. The second kappa shape index (κ2) is 8.27. The van der Waals surface area contributed by atoms with E-state index < -0.39 is 0 Å². The van der Waals surface area contributed by atoms with E-state index in [1.165, 1.54) is 52.8 Å². The number of aromatic nitrogens is 3. The van der Waals surface area contributed by atoms with Gasteiger partial charge in [0.05, 0.1) is 10.4 Å². The van der Waals surface area contributed by atoms with E-state index in [2.05, 4.69) is 15.2 Å². The lowest BCUT2D eigenvalue weighted by Crippen LogP contribution is -2.39. The Morgan fingerprint density at radius 3 is 2.66 bits per heavy atom. The largest absolute Gasteiger partial charge is 0.356 e. The van der Waals surface area contributed by atoms with Gasteiger partial charge in [-0.3, -0.25) is 4.79 Å². The monoisotopic (exact) mass is 467 g/mol. The highest BCUT2D eigenvalue weighted by Crippen LogP contribution is 2.44. The van der Waals surface area contributed by atoms with Crippen LogP contribution < -0.4 is 10.2 Å². The van der Waals surface area contributed by atoms with Crippen molar-refractivity contribution in [3.8, 4) is 0 Å². The molecule has 0 unspecified atom stereocenters. The summed E-state index contributed by atoms with van der Waals surface area (Å²) < 4.78 is 0. The number of nitrogens with one attached hydrogen (secondary N) is 1. The Morgan fingerprint density at radius 2 is 1.91 bits per heavy atom. The quantitative estimate of drug-likeness (QED) is 0.560. The van der Waals surface area contributed by atoms with E-state index in [0.29, 0.717) is 16.8 Å². The second-order valence-electron chi connectivity index (χ2n) is 9.18. The minimum atomic E-state index is -0.0136. The van der Waals surface area contributed by atoms with E-state index in [9.17, 15) is 4.79 Å². The Bertz CT molecular complexity index is 1170. The first-order chi connectivity index (χ1) is 15.7. The highest BCUT2D eigenvalue weighted by molar-refractivity contribution is 7.19. The number of fused-ring (bicyclic) bond motifs is 3. The number of thiophene rings is 1. The maximum atomic E-state index is 12.8. The lowest BCUT2D eigenvalue weighted by molar-refractivity contribution is -0.120. The zero-order valence-corrected chi connectivity index (χ0v) is 19.5. The van der Waals surface area contributed by atoms with Crippen LogP contribution in [0.4, 0.5) is 11.6 Å². The van der Waals surface area contributed by atoms with Gasteiger partial charge in [-0.25, -0.2) is 15.0 Å². The third-order valence-electron chi connectivity index (χ3n) is 6.90. The summed E-state index contributed by atoms with van der Waals surface area (Å²) in [6.45, 7) is 1.68. The molecule has 166 valence electrons. The molecule has 0 atom stereocenters. The van der Waals surface area contributed by atoms with Crippen molar-refractivity contribution in [2.45, 2.75) is 57.3 Å². The van der Waals surface area contributed by atoms with Crippen LogP contribution in [0.3, 0.4) is 0 Å². The van der Waals surface area contributed by atoms with Crippen molar-refractivity contribution in [1.82, 2.24) is 15.0 Å². The molecule has 0 aromatic carbocycles. The van der Waals surface area contributed by atoms with Gasteiger partial charge in [-0.2, -0.15) is 0 Å². The highest BCUT2D eigenvalue weighted by atomic mass is 35.5. The van der Waals surface area contributed by atoms with Crippen LogP contribution in [0.2, 0.25) is 5.02 Å². The number of nitrogens with zero attached hydrogens (tertiary/aromatic N) is 4. The summed E-state index contributed by atoms with van der Waals surface area (Å²) in [6, 6.07) is 3.48. The average molecular weight is 468 g/mol. The molecule has 1 saturated heterocycles. The second-order valence-corrected chi connectivity index (χ2v) is 10.7. The maximum absolute atomic E-state index is 12.8. The van der Waals surface area contributed by atoms with Crippen molar-refractivity contribution < 1.29 is 4.79 Å². The van der Waals surface area contributed by atoms with E-state index in [1.54, 1.807) is 18.3 Å². The van der Waals surface area contributed by atoms with Crippen molar-refractivity contribution in [2.75, 3.05) is 23.3 Å². The zero-order chi connectivity index (χ0) is 21.7. The molecule has 1 aliphatic heterocycles. The molecule has 2 fully saturated rings. The van der Waals surface area contributed by atoms with Gasteiger partial charge in [-0.05, 0) is 69.1 Å². The standard InChI is InChI=1S/C24H26ClN5OS/c25-16-7-8-19(26-13-16)27-23(31)15-9-11-30(12-10-15)22-20-17-3-1-2-4-18(17)32-24(20)29-21(28-22)14-5-6-14/h7-8,13-15H,1-6,9-12H2,(H,26,27,31). The molecule has 2 aliphatic carbocycles. The highest BCUT2D eigenvalue weighted by Gasteiger charge is 2.32. The van der Waals surface area contributed by atoms with Gasteiger partial charge in [0.15, 0.2) is 0 Å². The van der Waals surface area contributed by atoms with Crippen LogP contribution in [0.5, 0.6) is 0 Å². The summed E-state index contributed by atoms with van der Waals surface area (Å²) in [5.41, 5.74) is 1.49. The topological polar surface area (TPSA) is 71.0 Å². The van der Waals surface area contributed by atoms with Gasteiger partial charge in [-0.15, -0.1) is 11.3 Å². The van der Waals surface area contributed by atoms with Crippen LogP contribution in [0.1, 0.15) is 60.7 Å². The number of amides is 1. The lowest BCUT2D eigenvalue weighted by Gasteiger charge is -2.33. The number of halogens is 1. The SMILES string of the molecule is O=C(Nc1ccc(Cl)cn1)C1CCN(c2nc(C3CC3)nc3sc4c(c23)CCCC4)CC1. The fourth-order valence-electron chi connectivity index (χ4n) is 4.94. The Morgan fingerprint density at radius 1 is 1.09 bits per heavy atom. The molecule has 6 rings (SSSR count). The molecule has 3 aliphatic rings. The molecule has 32 heavy (non-hydrogen) atoms. The van der Waals surface area contributed by atoms with Gasteiger partial charge < -0.3 is 10.2 Å². The first-order valence-corrected chi connectivity index (χ1v) is 12.8. The summed E-state index contributed by atoms with van der Waals surface area (Å²) in [5, 5.41) is 4.80. The van der Waals surface area contributed by atoms with Gasteiger partial charge in [0, 0.05) is 36.0 Å². The molecule has 6 nitrogen and oxygen atoms in total. The minimum absolute atomic E-state index is 0.0136. The molecule has 3 aromatic rings. The summed E-state index contributed by atoms with van der Waals surface area (Å²) in [6.07, 6.45) is 10.4. The summed E-state index contributed by atoms with van der Waals surface area (Å²) >= 11 is 7.78. The predicted molar refractivity (Wildman–Crippen MR) is 129 cm³/mol. The van der Waals surface area contributed by atoms with Crippen LogP contribution in [-0.4, -0.2) is 33.9 Å². The number of carbonyl (C=O) groups is 1. The molecule has 0 spiro atoms. The number of piperidine rings is 1. The van der Waals surface area contributed by atoms with Crippen molar-refractivity contribution >= 4 is 50.7 Å². The number of hydrogen-bond acceptors (Lipinski definition) is 6. The summed E-state index contributed by atoms with van der Waals surface area (Å²) in [7, 11) is 0. The van der Waals surface area contributed by atoms with Gasteiger partial charge >= 0.3 is 0 Å². The minimum Gasteiger partial charge on any atom is -0.356 e. The molecule has 3 aromatic heterocycles. The number of anilines is 2. The zero-order valence-electron chi connectivity index (χ0n) is 17.9. The molecule has 8 heteroatoms. The molecule has 1 N–H and O–H groups in total. The van der Waals surface area contributed by atoms with E-state index >= 15 is 0 Å². The number of carbonyl (C=O) groups excluding carboxylic acids is 1. The molecule has 0 bridgehead atoms. The molecular weight excluding hydrogens is 442 g/mol. The van der Waals surface area contributed by atoms with Crippen LogP contribution in [-0.2, 0) is 17.6 Å². The normalized spacial score (nSPS) is 19.2. The van der Waals surface area contributed by atoms with Gasteiger partial charge in [0.25, 0.3) is 0 Å². The molecule has 4 heterocycles. The Balaban J connectivity index is 1.23. The Hall–Kier alpha value is -2.25. The third kappa shape index (κ3) is 3.86. The van der Waals surface area contributed by atoms with E-state index in [1.807, 2.05) is 11.3 Å². The third-order valence-corrected chi connectivity index (χ3v) is 8.31. The van der Waals surface area contributed by atoms with Crippen LogP contribution in [0.25, 0.3) is 10.2 Å². The number of pyridine rings is 1. The molecule has 1 amide bonds. The predicted octanol–water partition coefficient (Wildman–Crippen LogP) is 5.35. The summed E-state index contributed by atoms with van der Waals surface area (Å²) in [4.78, 5) is 32.2.